The van der Waals surface area contributed by atoms with Crippen molar-refractivity contribution in [3.8, 4) is 0 Å². The van der Waals surface area contributed by atoms with E-state index in [0.29, 0.717) is 6.42 Å². The van der Waals surface area contributed by atoms with Crippen LogP contribution in [0.2, 0.25) is 0 Å². The number of carboxylic acid groups (broad SMARTS) is 1. The van der Waals surface area contributed by atoms with E-state index in [4.69, 9.17) is 5.11 Å². The Balaban J connectivity index is 4.37. The summed E-state index contributed by atoms with van der Waals surface area (Å²) in [6, 6.07) is -1.16. The van der Waals surface area contributed by atoms with Gasteiger partial charge in [-0.25, -0.2) is 9.59 Å². The molecule has 3 atom stereocenters. The SMILES string of the molecule is CCC(CSC)NC(=O)N[C@H](C(=O)O)[C@@H](C)CC. The molecule has 0 aliphatic carbocycles. The largest absolute Gasteiger partial charge is 0.480 e. The highest BCUT2D eigenvalue weighted by Gasteiger charge is 2.25. The fourth-order valence-electron chi connectivity index (χ4n) is 1.51. The topological polar surface area (TPSA) is 78.4 Å². The molecule has 0 saturated carbocycles. The van der Waals surface area contributed by atoms with E-state index in [1.165, 1.54) is 0 Å². The van der Waals surface area contributed by atoms with Crippen LogP contribution in [-0.4, -0.2) is 41.2 Å². The summed E-state index contributed by atoms with van der Waals surface area (Å²) in [4.78, 5) is 22.8. The second-order valence-electron chi connectivity index (χ2n) is 4.38. The summed E-state index contributed by atoms with van der Waals surface area (Å²) >= 11 is 1.65. The lowest BCUT2D eigenvalue weighted by Gasteiger charge is -2.22. The number of hydrogen-bond acceptors (Lipinski definition) is 3. The maximum atomic E-state index is 11.7. The lowest BCUT2D eigenvalue weighted by atomic mass is 9.99. The predicted molar refractivity (Wildman–Crippen MR) is 75.0 cm³/mol. The van der Waals surface area contributed by atoms with Crippen molar-refractivity contribution in [3.63, 3.8) is 0 Å². The van der Waals surface area contributed by atoms with Crippen LogP contribution in [-0.2, 0) is 4.79 Å². The van der Waals surface area contributed by atoms with Crippen molar-refractivity contribution in [1.29, 1.82) is 0 Å². The third-order valence-electron chi connectivity index (χ3n) is 2.96. The summed E-state index contributed by atoms with van der Waals surface area (Å²) in [5.74, 6) is -0.253. The molecule has 2 amide bonds. The third kappa shape index (κ3) is 6.14. The highest BCUT2D eigenvalue weighted by molar-refractivity contribution is 7.98. The Labute approximate surface area is 113 Å². The monoisotopic (exact) mass is 276 g/mol. The molecule has 3 N–H and O–H groups in total. The molecule has 0 rings (SSSR count). The van der Waals surface area contributed by atoms with Gasteiger partial charge >= 0.3 is 12.0 Å². The second kappa shape index (κ2) is 9.08. The highest BCUT2D eigenvalue weighted by atomic mass is 32.2. The summed E-state index contributed by atoms with van der Waals surface area (Å²) in [5.41, 5.74) is 0. The Bertz CT molecular complexity index is 274. The van der Waals surface area contributed by atoms with E-state index < -0.39 is 18.0 Å². The van der Waals surface area contributed by atoms with Crippen LogP contribution in [0.15, 0.2) is 0 Å². The number of amides is 2. The molecule has 106 valence electrons. The molecule has 0 saturated heterocycles. The Morgan fingerprint density at radius 2 is 1.83 bits per heavy atom. The molecule has 0 radical (unpaired) electrons. The van der Waals surface area contributed by atoms with Crippen LogP contribution in [0, 0.1) is 5.92 Å². The van der Waals surface area contributed by atoms with Gasteiger partial charge in [0.05, 0.1) is 0 Å². The molecule has 5 nitrogen and oxygen atoms in total. The number of carboxylic acids is 1. The van der Waals surface area contributed by atoms with Crippen molar-refractivity contribution in [2.24, 2.45) is 5.92 Å². The molecule has 0 spiro atoms. The number of carbonyl (C=O) groups excluding carboxylic acids is 1. The van der Waals surface area contributed by atoms with Gasteiger partial charge in [-0.1, -0.05) is 27.2 Å². The quantitative estimate of drug-likeness (QED) is 0.633. The normalized spacial score (nSPS) is 15.6. The molecule has 0 aromatic carbocycles. The van der Waals surface area contributed by atoms with Crippen molar-refractivity contribution in [3.05, 3.63) is 0 Å². The average molecular weight is 276 g/mol. The van der Waals surface area contributed by atoms with E-state index in [2.05, 4.69) is 10.6 Å². The first-order chi connectivity index (χ1) is 8.46. The molecular weight excluding hydrogens is 252 g/mol. The van der Waals surface area contributed by atoms with Gasteiger partial charge < -0.3 is 15.7 Å². The fourth-order valence-corrected chi connectivity index (χ4v) is 2.24. The van der Waals surface area contributed by atoms with E-state index in [1.54, 1.807) is 11.8 Å². The Morgan fingerprint density at radius 1 is 1.22 bits per heavy atom. The Morgan fingerprint density at radius 3 is 2.22 bits per heavy atom. The van der Waals surface area contributed by atoms with Gasteiger partial charge in [0, 0.05) is 11.8 Å². The number of thioether (sulfide) groups is 1. The molecule has 0 aliphatic heterocycles. The number of nitrogens with one attached hydrogen (secondary N) is 2. The number of rotatable bonds is 8. The van der Waals surface area contributed by atoms with Crippen LogP contribution < -0.4 is 10.6 Å². The van der Waals surface area contributed by atoms with E-state index >= 15 is 0 Å². The van der Waals surface area contributed by atoms with Gasteiger partial charge in [0.1, 0.15) is 6.04 Å². The lowest BCUT2D eigenvalue weighted by Crippen LogP contribution is -2.51. The van der Waals surface area contributed by atoms with Crippen molar-refractivity contribution in [2.75, 3.05) is 12.0 Å². The zero-order valence-electron chi connectivity index (χ0n) is 11.5. The van der Waals surface area contributed by atoms with Crippen LogP contribution in [0.5, 0.6) is 0 Å². The maximum Gasteiger partial charge on any atom is 0.326 e. The average Bonchev–Trinajstić information content (AvgIpc) is 2.34. The smallest absolute Gasteiger partial charge is 0.326 e. The fraction of sp³-hybridized carbons (Fsp3) is 0.833. The van der Waals surface area contributed by atoms with Gasteiger partial charge in [-0.05, 0) is 18.6 Å². The molecule has 0 aromatic heterocycles. The molecule has 0 aromatic rings. The van der Waals surface area contributed by atoms with Gasteiger partial charge in [-0.2, -0.15) is 11.8 Å². The summed E-state index contributed by atoms with van der Waals surface area (Å²) in [6.07, 6.45) is 3.51. The molecule has 1 unspecified atom stereocenters. The zero-order valence-corrected chi connectivity index (χ0v) is 12.3. The molecule has 0 bridgehead atoms. The van der Waals surface area contributed by atoms with Crippen molar-refractivity contribution in [2.45, 2.75) is 45.7 Å². The first kappa shape index (κ1) is 17.1. The van der Waals surface area contributed by atoms with Crippen molar-refractivity contribution >= 4 is 23.8 Å². The number of carbonyl (C=O) groups is 2. The van der Waals surface area contributed by atoms with Gasteiger partial charge in [0.2, 0.25) is 0 Å². The molecule has 0 fully saturated rings. The standard InChI is InChI=1S/C12H24N2O3S/c1-5-8(3)10(11(15)16)14-12(17)13-9(6-2)7-18-4/h8-10H,5-7H2,1-4H3,(H,15,16)(H2,13,14,17)/t8-,9?,10-/m0/s1. The second-order valence-corrected chi connectivity index (χ2v) is 5.29. The predicted octanol–water partition coefficient (Wildman–Crippen LogP) is 1.93. The van der Waals surface area contributed by atoms with Crippen LogP contribution >= 0.6 is 11.8 Å². The highest BCUT2D eigenvalue weighted by Crippen LogP contribution is 2.08. The Kier molecular flexibility index (Phi) is 8.62. The third-order valence-corrected chi connectivity index (χ3v) is 3.70. The minimum atomic E-state index is -0.989. The number of urea groups is 1. The maximum absolute atomic E-state index is 11.7. The van der Waals surface area contributed by atoms with Crippen LogP contribution in [0.3, 0.4) is 0 Å². The summed E-state index contributed by atoms with van der Waals surface area (Å²) in [7, 11) is 0. The molecule has 18 heavy (non-hydrogen) atoms. The van der Waals surface area contributed by atoms with Crippen LogP contribution in [0.4, 0.5) is 4.79 Å². The van der Waals surface area contributed by atoms with E-state index in [-0.39, 0.29) is 12.0 Å². The summed E-state index contributed by atoms with van der Waals surface area (Å²) < 4.78 is 0. The minimum Gasteiger partial charge on any atom is -0.480 e. The van der Waals surface area contributed by atoms with E-state index in [0.717, 1.165) is 12.2 Å². The van der Waals surface area contributed by atoms with Gasteiger partial charge in [0.15, 0.2) is 0 Å². The van der Waals surface area contributed by atoms with Crippen LogP contribution in [0.1, 0.15) is 33.6 Å². The van der Waals surface area contributed by atoms with Gasteiger partial charge in [0.25, 0.3) is 0 Å². The van der Waals surface area contributed by atoms with Gasteiger partial charge in [-0.3, -0.25) is 0 Å². The minimum absolute atomic E-state index is 0.0753. The van der Waals surface area contributed by atoms with Gasteiger partial charge in [-0.15, -0.1) is 0 Å². The first-order valence-corrected chi connectivity index (χ1v) is 7.64. The Hall–Kier alpha value is -0.910. The van der Waals surface area contributed by atoms with E-state index in [9.17, 15) is 9.59 Å². The van der Waals surface area contributed by atoms with Crippen LogP contribution in [0.25, 0.3) is 0 Å². The lowest BCUT2D eigenvalue weighted by molar-refractivity contribution is -0.140. The number of hydrogen-bond donors (Lipinski definition) is 3. The summed E-state index contributed by atoms with van der Waals surface area (Å²) in [6.45, 7) is 5.71. The van der Waals surface area contributed by atoms with Crippen molar-refractivity contribution < 1.29 is 14.7 Å². The van der Waals surface area contributed by atoms with Crippen molar-refractivity contribution in [1.82, 2.24) is 10.6 Å². The number of aliphatic carboxylic acids is 1. The molecular formula is C12H24N2O3S. The molecule has 0 heterocycles. The first-order valence-electron chi connectivity index (χ1n) is 6.24. The molecule has 0 aliphatic rings. The molecule has 6 heteroatoms. The van der Waals surface area contributed by atoms with E-state index in [1.807, 2.05) is 27.0 Å². The summed E-state index contributed by atoms with van der Waals surface area (Å²) in [5, 5.41) is 14.4. The zero-order chi connectivity index (χ0) is 14.1.